The maximum atomic E-state index is 10.9. The van der Waals surface area contributed by atoms with Gasteiger partial charge in [0.05, 0.1) is 5.92 Å². The zero-order valence-electron chi connectivity index (χ0n) is 10.4. The standard InChI is InChI=1S/C14H19NO2/c1-10-4-3-5-12(8-10)11(2)15-7-6-13(9-15)14(16)17/h3-5,8,11,13H,6-7,9H2,1-2H3,(H,16,17)/t11-,13-/m0/s1. The third kappa shape index (κ3) is 2.67. The first-order valence-electron chi connectivity index (χ1n) is 6.11. The van der Waals surface area contributed by atoms with Crippen LogP contribution < -0.4 is 0 Å². The fourth-order valence-corrected chi connectivity index (χ4v) is 2.48. The lowest BCUT2D eigenvalue weighted by Crippen LogP contribution is -2.26. The Bertz CT molecular complexity index is 416. The highest BCUT2D eigenvalue weighted by Gasteiger charge is 2.30. The molecule has 0 aliphatic carbocycles. The molecular weight excluding hydrogens is 214 g/mol. The number of carbonyl (C=O) groups is 1. The fraction of sp³-hybridized carbons (Fsp3) is 0.500. The normalized spacial score (nSPS) is 22.6. The van der Waals surface area contributed by atoms with Crippen molar-refractivity contribution in [3.05, 3.63) is 35.4 Å². The van der Waals surface area contributed by atoms with Crippen molar-refractivity contribution < 1.29 is 9.90 Å². The monoisotopic (exact) mass is 233 g/mol. The quantitative estimate of drug-likeness (QED) is 0.871. The third-order valence-electron chi connectivity index (χ3n) is 3.64. The van der Waals surface area contributed by atoms with Gasteiger partial charge in [-0.3, -0.25) is 9.69 Å². The van der Waals surface area contributed by atoms with Gasteiger partial charge in [-0.2, -0.15) is 0 Å². The van der Waals surface area contributed by atoms with Gasteiger partial charge < -0.3 is 5.11 Å². The highest BCUT2D eigenvalue weighted by Crippen LogP contribution is 2.27. The van der Waals surface area contributed by atoms with Gasteiger partial charge >= 0.3 is 5.97 Å². The van der Waals surface area contributed by atoms with Crippen LogP contribution in [0.15, 0.2) is 24.3 Å². The van der Waals surface area contributed by atoms with Crippen LogP contribution in [0.25, 0.3) is 0 Å². The lowest BCUT2D eigenvalue weighted by atomic mass is 10.0. The van der Waals surface area contributed by atoms with Gasteiger partial charge in [-0.15, -0.1) is 0 Å². The zero-order valence-corrected chi connectivity index (χ0v) is 10.4. The third-order valence-corrected chi connectivity index (χ3v) is 3.64. The number of aryl methyl sites for hydroxylation is 1. The second kappa shape index (κ2) is 4.88. The summed E-state index contributed by atoms with van der Waals surface area (Å²) in [6.07, 6.45) is 0.769. The maximum absolute atomic E-state index is 10.9. The van der Waals surface area contributed by atoms with E-state index in [2.05, 4.69) is 43.0 Å². The average molecular weight is 233 g/mol. The molecule has 0 radical (unpaired) electrons. The van der Waals surface area contributed by atoms with E-state index in [1.165, 1.54) is 11.1 Å². The largest absolute Gasteiger partial charge is 0.481 e. The molecule has 0 unspecified atom stereocenters. The van der Waals surface area contributed by atoms with Crippen LogP contribution >= 0.6 is 0 Å². The summed E-state index contributed by atoms with van der Waals surface area (Å²) in [7, 11) is 0. The van der Waals surface area contributed by atoms with E-state index in [0.29, 0.717) is 12.6 Å². The number of aliphatic carboxylic acids is 1. The lowest BCUT2D eigenvalue weighted by molar-refractivity contribution is -0.141. The van der Waals surface area contributed by atoms with Crippen molar-refractivity contribution in [1.29, 1.82) is 0 Å². The van der Waals surface area contributed by atoms with E-state index >= 15 is 0 Å². The van der Waals surface area contributed by atoms with Gasteiger partial charge in [0.2, 0.25) is 0 Å². The molecular formula is C14H19NO2. The number of rotatable bonds is 3. The molecule has 0 spiro atoms. The van der Waals surface area contributed by atoms with Crippen LogP contribution in [-0.2, 0) is 4.79 Å². The summed E-state index contributed by atoms with van der Waals surface area (Å²) in [6.45, 7) is 5.79. The van der Waals surface area contributed by atoms with Crippen LogP contribution in [0.3, 0.4) is 0 Å². The Balaban J connectivity index is 2.06. The topological polar surface area (TPSA) is 40.5 Å². The minimum Gasteiger partial charge on any atom is -0.481 e. The second-order valence-electron chi connectivity index (χ2n) is 4.91. The maximum Gasteiger partial charge on any atom is 0.307 e. The van der Waals surface area contributed by atoms with E-state index in [1.54, 1.807) is 0 Å². The van der Waals surface area contributed by atoms with Gasteiger partial charge in [0.15, 0.2) is 0 Å². The molecule has 1 aromatic carbocycles. The lowest BCUT2D eigenvalue weighted by Gasteiger charge is -2.24. The highest BCUT2D eigenvalue weighted by atomic mass is 16.4. The van der Waals surface area contributed by atoms with Crippen LogP contribution in [-0.4, -0.2) is 29.1 Å². The molecule has 3 heteroatoms. The minimum atomic E-state index is -0.663. The van der Waals surface area contributed by atoms with Crippen LogP contribution in [0.2, 0.25) is 0 Å². The summed E-state index contributed by atoms with van der Waals surface area (Å²) in [5, 5.41) is 9.00. The number of nitrogens with zero attached hydrogens (tertiary/aromatic N) is 1. The summed E-state index contributed by atoms with van der Waals surface area (Å²) >= 11 is 0. The van der Waals surface area contributed by atoms with E-state index in [-0.39, 0.29) is 5.92 Å². The molecule has 0 bridgehead atoms. The summed E-state index contributed by atoms with van der Waals surface area (Å²) in [4.78, 5) is 13.2. The van der Waals surface area contributed by atoms with Gasteiger partial charge in [0, 0.05) is 12.6 Å². The van der Waals surface area contributed by atoms with E-state index in [9.17, 15) is 4.79 Å². The van der Waals surface area contributed by atoms with Gasteiger partial charge in [-0.25, -0.2) is 0 Å². The van der Waals surface area contributed by atoms with Gasteiger partial charge in [-0.05, 0) is 32.4 Å². The molecule has 1 aliphatic rings. The molecule has 2 rings (SSSR count). The van der Waals surface area contributed by atoms with Crippen molar-refractivity contribution in [1.82, 2.24) is 4.90 Å². The molecule has 1 fully saturated rings. The first-order chi connectivity index (χ1) is 8.08. The van der Waals surface area contributed by atoms with Crippen molar-refractivity contribution in [3.8, 4) is 0 Å². The van der Waals surface area contributed by atoms with Gasteiger partial charge in [-0.1, -0.05) is 29.8 Å². The number of carboxylic acid groups (broad SMARTS) is 1. The fourth-order valence-electron chi connectivity index (χ4n) is 2.48. The summed E-state index contributed by atoms with van der Waals surface area (Å²) in [6, 6.07) is 8.75. The molecule has 1 aromatic rings. The van der Waals surface area contributed by atoms with E-state index in [4.69, 9.17) is 5.11 Å². The Morgan fingerprint density at radius 2 is 2.29 bits per heavy atom. The molecule has 1 aliphatic heterocycles. The second-order valence-corrected chi connectivity index (χ2v) is 4.91. The van der Waals surface area contributed by atoms with Crippen molar-refractivity contribution in [2.75, 3.05) is 13.1 Å². The molecule has 17 heavy (non-hydrogen) atoms. The van der Waals surface area contributed by atoms with Crippen molar-refractivity contribution in [2.45, 2.75) is 26.3 Å². The average Bonchev–Trinajstić information content (AvgIpc) is 2.77. The first kappa shape index (κ1) is 12.1. The highest BCUT2D eigenvalue weighted by molar-refractivity contribution is 5.70. The Labute approximate surface area is 102 Å². The first-order valence-corrected chi connectivity index (χ1v) is 6.11. The molecule has 0 saturated carbocycles. The summed E-state index contributed by atoms with van der Waals surface area (Å²) in [5.41, 5.74) is 2.53. The Morgan fingerprint density at radius 1 is 1.53 bits per heavy atom. The smallest absolute Gasteiger partial charge is 0.307 e. The number of hydrogen-bond acceptors (Lipinski definition) is 2. The number of hydrogen-bond donors (Lipinski definition) is 1. The van der Waals surface area contributed by atoms with Crippen LogP contribution in [0, 0.1) is 12.8 Å². The Morgan fingerprint density at radius 3 is 2.88 bits per heavy atom. The summed E-state index contributed by atoms with van der Waals surface area (Å²) in [5.74, 6) is -0.855. The Kier molecular flexibility index (Phi) is 3.48. The molecule has 1 heterocycles. The van der Waals surface area contributed by atoms with Gasteiger partial charge in [0.1, 0.15) is 0 Å². The Hall–Kier alpha value is -1.35. The predicted molar refractivity (Wildman–Crippen MR) is 66.9 cm³/mol. The molecule has 0 aromatic heterocycles. The van der Waals surface area contributed by atoms with E-state index in [0.717, 1.165) is 13.0 Å². The van der Waals surface area contributed by atoms with Crippen molar-refractivity contribution in [3.63, 3.8) is 0 Å². The van der Waals surface area contributed by atoms with Crippen LogP contribution in [0.1, 0.15) is 30.5 Å². The van der Waals surface area contributed by atoms with Crippen molar-refractivity contribution >= 4 is 5.97 Å². The SMILES string of the molecule is Cc1cccc([C@H](C)N2CC[C@H](C(=O)O)C2)c1. The number of benzene rings is 1. The summed E-state index contributed by atoms with van der Waals surface area (Å²) < 4.78 is 0. The van der Waals surface area contributed by atoms with Crippen LogP contribution in [0.5, 0.6) is 0 Å². The zero-order chi connectivity index (χ0) is 12.4. The molecule has 1 N–H and O–H groups in total. The minimum absolute atomic E-state index is 0.192. The number of carboxylic acids is 1. The van der Waals surface area contributed by atoms with Crippen molar-refractivity contribution in [2.24, 2.45) is 5.92 Å². The molecule has 3 nitrogen and oxygen atoms in total. The molecule has 2 atom stereocenters. The van der Waals surface area contributed by atoms with Gasteiger partial charge in [0.25, 0.3) is 0 Å². The van der Waals surface area contributed by atoms with E-state index in [1.807, 2.05) is 0 Å². The van der Waals surface area contributed by atoms with E-state index < -0.39 is 5.97 Å². The molecule has 92 valence electrons. The predicted octanol–water partition coefficient (Wildman–Crippen LogP) is 2.46. The molecule has 0 amide bonds. The van der Waals surface area contributed by atoms with Crippen LogP contribution in [0.4, 0.5) is 0 Å². The number of likely N-dealkylation sites (tertiary alicyclic amines) is 1. The molecule has 1 saturated heterocycles.